The van der Waals surface area contributed by atoms with Gasteiger partial charge in [-0.25, -0.2) is 0 Å². The van der Waals surface area contributed by atoms with Crippen molar-refractivity contribution >= 4 is 5.97 Å². The van der Waals surface area contributed by atoms with E-state index < -0.39 is 6.10 Å². The van der Waals surface area contributed by atoms with Crippen molar-refractivity contribution in [3.8, 4) is 0 Å². The molecule has 118 valence electrons. The van der Waals surface area contributed by atoms with Crippen molar-refractivity contribution in [1.82, 2.24) is 5.32 Å². The number of esters is 1. The maximum atomic E-state index is 11.6. The molecule has 2 N–H and O–H groups in total. The van der Waals surface area contributed by atoms with E-state index in [0.29, 0.717) is 0 Å². The smallest absolute Gasteiger partial charge is 0.307 e. The van der Waals surface area contributed by atoms with Crippen LogP contribution in [0.15, 0.2) is 12.1 Å². The van der Waals surface area contributed by atoms with Crippen LogP contribution in [0.25, 0.3) is 0 Å². The summed E-state index contributed by atoms with van der Waals surface area (Å²) in [7, 11) is 1.36. The summed E-state index contributed by atoms with van der Waals surface area (Å²) in [4.78, 5) is 11.6. The van der Waals surface area contributed by atoms with Crippen LogP contribution in [0, 0.1) is 20.8 Å². The molecular formula is C17H27NO3. The van der Waals surface area contributed by atoms with E-state index >= 15 is 0 Å². The molecule has 0 saturated heterocycles. The van der Waals surface area contributed by atoms with Crippen LogP contribution in [0.2, 0.25) is 0 Å². The molecule has 21 heavy (non-hydrogen) atoms. The first-order chi connectivity index (χ1) is 9.76. The molecule has 0 aliphatic heterocycles. The molecule has 2 unspecified atom stereocenters. The molecule has 0 fully saturated rings. The van der Waals surface area contributed by atoms with Crippen molar-refractivity contribution in [2.45, 2.75) is 59.2 Å². The van der Waals surface area contributed by atoms with Crippen LogP contribution in [0.5, 0.6) is 0 Å². The predicted molar refractivity (Wildman–Crippen MR) is 84.3 cm³/mol. The van der Waals surface area contributed by atoms with Gasteiger partial charge in [0.15, 0.2) is 0 Å². The van der Waals surface area contributed by atoms with Crippen LogP contribution < -0.4 is 5.32 Å². The topological polar surface area (TPSA) is 58.6 Å². The van der Waals surface area contributed by atoms with Gasteiger partial charge in [-0.1, -0.05) is 31.5 Å². The zero-order valence-electron chi connectivity index (χ0n) is 13.9. The standard InChI is InChI=1S/C17H27NO3/c1-10(2)18-14(9-15(19)21-6)17(20)16-12(4)7-11(3)8-13(16)5/h7-8,10,14,17-18,20H,9H2,1-6H3. The molecule has 1 aromatic rings. The Labute approximate surface area is 127 Å². The molecule has 0 bridgehead atoms. The number of hydrogen-bond donors (Lipinski definition) is 2. The Kier molecular flexibility index (Phi) is 6.37. The zero-order chi connectivity index (χ0) is 16.2. The largest absolute Gasteiger partial charge is 0.469 e. The Bertz CT molecular complexity index is 474. The number of aryl methyl sites for hydroxylation is 3. The molecule has 0 saturated carbocycles. The lowest BCUT2D eigenvalue weighted by Crippen LogP contribution is -2.41. The Hall–Kier alpha value is -1.39. The second-order valence-corrected chi connectivity index (χ2v) is 5.97. The van der Waals surface area contributed by atoms with Gasteiger partial charge in [0.05, 0.1) is 19.6 Å². The minimum atomic E-state index is -0.743. The summed E-state index contributed by atoms with van der Waals surface area (Å²) in [6.45, 7) is 10.00. The van der Waals surface area contributed by atoms with Crippen LogP contribution in [0.3, 0.4) is 0 Å². The van der Waals surface area contributed by atoms with Gasteiger partial charge in [0.25, 0.3) is 0 Å². The van der Waals surface area contributed by atoms with E-state index in [-0.39, 0.29) is 24.5 Å². The second kappa shape index (κ2) is 7.57. The number of benzene rings is 1. The molecule has 1 aromatic carbocycles. The Morgan fingerprint density at radius 3 is 2.19 bits per heavy atom. The number of rotatable bonds is 6. The van der Waals surface area contributed by atoms with Crippen molar-refractivity contribution in [3.63, 3.8) is 0 Å². The third-order valence-corrected chi connectivity index (χ3v) is 3.58. The van der Waals surface area contributed by atoms with Gasteiger partial charge in [-0.05, 0) is 37.5 Å². The van der Waals surface area contributed by atoms with Gasteiger partial charge in [0.1, 0.15) is 0 Å². The van der Waals surface area contributed by atoms with Gasteiger partial charge < -0.3 is 15.2 Å². The number of hydrogen-bond acceptors (Lipinski definition) is 4. The van der Waals surface area contributed by atoms with Gasteiger partial charge in [-0.15, -0.1) is 0 Å². The molecule has 0 spiro atoms. The van der Waals surface area contributed by atoms with Crippen molar-refractivity contribution in [3.05, 3.63) is 34.4 Å². The first-order valence-electron chi connectivity index (χ1n) is 7.35. The van der Waals surface area contributed by atoms with Gasteiger partial charge in [0, 0.05) is 12.1 Å². The summed E-state index contributed by atoms with van der Waals surface area (Å²) in [5, 5.41) is 14.0. The molecule has 4 heteroatoms. The van der Waals surface area contributed by atoms with E-state index in [9.17, 15) is 9.90 Å². The number of aliphatic hydroxyl groups excluding tert-OH is 1. The summed E-state index contributed by atoms with van der Waals surface area (Å²) in [5.41, 5.74) is 4.14. The maximum absolute atomic E-state index is 11.6. The van der Waals surface area contributed by atoms with Crippen LogP contribution >= 0.6 is 0 Å². The van der Waals surface area contributed by atoms with Crippen molar-refractivity contribution in [1.29, 1.82) is 0 Å². The van der Waals surface area contributed by atoms with E-state index in [1.165, 1.54) is 12.7 Å². The highest BCUT2D eigenvalue weighted by Crippen LogP contribution is 2.27. The Morgan fingerprint density at radius 2 is 1.76 bits per heavy atom. The fourth-order valence-electron chi connectivity index (χ4n) is 2.81. The van der Waals surface area contributed by atoms with E-state index in [0.717, 1.165) is 16.7 Å². The molecule has 0 amide bonds. The van der Waals surface area contributed by atoms with Gasteiger partial charge in [-0.3, -0.25) is 4.79 Å². The average Bonchev–Trinajstić information content (AvgIpc) is 2.35. The summed E-state index contributed by atoms with van der Waals surface area (Å²) in [6, 6.07) is 3.91. The monoisotopic (exact) mass is 293 g/mol. The third kappa shape index (κ3) is 4.83. The molecule has 0 aromatic heterocycles. The van der Waals surface area contributed by atoms with Crippen molar-refractivity contribution < 1.29 is 14.6 Å². The molecule has 4 nitrogen and oxygen atoms in total. The molecule has 0 aliphatic carbocycles. The quantitative estimate of drug-likeness (QED) is 0.792. The fourth-order valence-corrected chi connectivity index (χ4v) is 2.81. The summed E-state index contributed by atoms with van der Waals surface area (Å²) < 4.78 is 4.74. The lowest BCUT2D eigenvalue weighted by molar-refractivity contribution is -0.142. The Balaban J connectivity index is 3.09. The minimum Gasteiger partial charge on any atom is -0.469 e. The highest BCUT2D eigenvalue weighted by Gasteiger charge is 2.27. The lowest BCUT2D eigenvalue weighted by Gasteiger charge is -2.28. The summed E-state index contributed by atoms with van der Waals surface area (Å²) in [6.07, 6.45) is -0.602. The SMILES string of the molecule is COC(=O)CC(NC(C)C)C(O)c1c(C)cc(C)cc1C. The number of carbonyl (C=O) groups is 1. The van der Waals surface area contributed by atoms with Gasteiger partial charge in [-0.2, -0.15) is 0 Å². The average molecular weight is 293 g/mol. The minimum absolute atomic E-state index is 0.141. The van der Waals surface area contributed by atoms with Crippen molar-refractivity contribution in [2.75, 3.05) is 7.11 Å². The first-order valence-corrected chi connectivity index (χ1v) is 7.35. The number of ether oxygens (including phenoxy) is 1. The number of methoxy groups -OCH3 is 1. The van der Waals surface area contributed by atoms with Crippen LogP contribution in [-0.4, -0.2) is 30.3 Å². The third-order valence-electron chi connectivity index (χ3n) is 3.58. The molecule has 0 radical (unpaired) electrons. The molecular weight excluding hydrogens is 266 g/mol. The van der Waals surface area contributed by atoms with Crippen LogP contribution in [-0.2, 0) is 9.53 Å². The van der Waals surface area contributed by atoms with Crippen molar-refractivity contribution in [2.24, 2.45) is 0 Å². The maximum Gasteiger partial charge on any atom is 0.307 e. The fraction of sp³-hybridized carbons (Fsp3) is 0.588. The van der Waals surface area contributed by atoms with Gasteiger partial charge >= 0.3 is 5.97 Å². The number of carbonyl (C=O) groups excluding carboxylic acids is 1. The zero-order valence-corrected chi connectivity index (χ0v) is 13.9. The van der Waals surface area contributed by atoms with E-state index in [1.807, 2.05) is 34.6 Å². The van der Waals surface area contributed by atoms with E-state index in [4.69, 9.17) is 4.74 Å². The van der Waals surface area contributed by atoms with Crippen LogP contribution in [0.1, 0.15) is 48.6 Å². The molecule has 1 rings (SSSR count). The highest BCUT2D eigenvalue weighted by molar-refractivity contribution is 5.70. The lowest BCUT2D eigenvalue weighted by atomic mass is 9.90. The normalized spacial score (nSPS) is 14.1. The van der Waals surface area contributed by atoms with E-state index in [1.54, 1.807) is 0 Å². The number of nitrogens with one attached hydrogen (secondary N) is 1. The highest BCUT2D eigenvalue weighted by atomic mass is 16.5. The number of aliphatic hydroxyl groups is 1. The molecule has 0 aliphatic rings. The second-order valence-electron chi connectivity index (χ2n) is 5.97. The summed E-state index contributed by atoms with van der Waals surface area (Å²) in [5.74, 6) is -0.324. The van der Waals surface area contributed by atoms with Crippen LogP contribution in [0.4, 0.5) is 0 Å². The van der Waals surface area contributed by atoms with E-state index in [2.05, 4.69) is 17.4 Å². The van der Waals surface area contributed by atoms with Gasteiger partial charge in [0.2, 0.25) is 0 Å². The molecule has 2 atom stereocenters. The predicted octanol–water partition coefficient (Wildman–Crippen LogP) is 2.57. The summed E-state index contributed by atoms with van der Waals surface area (Å²) >= 11 is 0. The Morgan fingerprint density at radius 1 is 1.24 bits per heavy atom. The molecule has 0 heterocycles. The first kappa shape index (κ1) is 17.7.